The van der Waals surface area contributed by atoms with Crippen molar-refractivity contribution in [1.82, 2.24) is 9.13 Å². The second-order valence-corrected chi connectivity index (χ2v) is 31.8. The predicted octanol–water partition coefficient (Wildman–Crippen LogP) is 32.9. The van der Waals surface area contributed by atoms with Crippen molar-refractivity contribution >= 4 is 153 Å². The van der Waals surface area contributed by atoms with Gasteiger partial charge in [-0.25, -0.2) is 0 Å². The van der Waals surface area contributed by atoms with Gasteiger partial charge in [0.05, 0.1) is 22.1 Å². The third-order valence-electron chi connectivity index (χ3n) is 25.0. The molecule has 0 aliphatic heterocycles. The van der Waals surface area contributed by atoms with Gasteiger partial charge in [0, 0.05) is 67.0 Å². The molecule has 0 atom stereocenters. The fourth-order valence-corrected chi connectivity index (χ4v) is 19.0. The van der Waals surface area contributed by atoms with Gasteiger partial charge in [-0.1, -0.05) is 334 Å². The van der Waals surface area contributed by atoms with Gasteiger partial charge in [-0.15, -0.1) is 0 Å². The molecule has 0 aliphatic rings. The van der Waals surface area contributed by atoms with Crippen LogP contribution in [0.2, 0.25) is 0 Å². The van der Waals surface area contributed by atoms with Gasteiger partial charge >= 0.3 is 0 Å². The van der Waals surface area contributed by atoms with E-state index in [0.29, 0.717) is 0 Å². The topological polar surface area (TPSA) is 16.3 Å². The zero-order chi connectivity index (χ0) is 80.6. The molecule has 24 rings (SSSR count). The minimum atomic E-state index is 1.09. The second kappa shape index (κ2) is 30.1. The first-order chi connectivity index (χ1) is 60.5. The van der Waals surface area contributed by atoms with E-state index in [9.17, 15) is 0 Å². The Morgan fingerprint density at radius 3 is 0.648 bits per heavy atom. The quantitative estimate of drug-likeness (QED) is 0.107. The SMILES string of the molecule is c1ccc(-c2ccc(-c3ccc(N(c4ccc(-c5ccc6c7ccccc7c7ccccc7c6c5)cc4)c4ccc(-n5c6ccccc6c6ccccc65)cc4)cc3)cc2)cc1.c1ccc2cc(-c3ccc(N(c4ccc(-c5ccc6c7ccccc7c7ccccc7c6c5)cc4)c4ccc(-n5c6ccccc6c6ccccc65)cc4)cc3)ccc2c1. The first kappa shape index (κ1) is 71.2. The standard InChI is InChI=1S/C60H40N2.C58H38N2/c1-2-12-41(13-3-1)42-22-24-43(25-23-42)44-26-31-47(32-27-44)61(49-35-37-50(38-36-49)62-59-20-10-8-18-56(59)57-19-9-11-21-60(57)62)48-33-28-45(29-34-48)46-30-39-55-53-16-5-4-14-51(53)52-15-6-7-17-54(52)58(55)40-46;1-2-12-42-37-43(22-21-39(42)11-1)40-23-28-45(29-24-40)59(47-32-34-48(35-33-47)60-57-19-9-7-17-54(57)55-18-8-10-20-58(55)60)46-30-25-41(26-31-46)44-27-36-53-51-15-4-3-13-49(51)50-14-5-6-16-52(50)56(53)38-44/h1-40H;1-38H. The van der Waals surface area contributed by atoms with E-state index in [-0.39, 0.29) is 0 Å². The smallest absolute Gasteiger partial charge is 0.0541 e. The molecule has 0 N–H and O–H groups in total. The number of nitrogens with zero attached hydrogens (tertiary/aromatic N) is 4. The second-order valence-electron chi connectivity index (χ2n) is 31.8. The third-order valence-corrected chi connectivity index (χ3v) is 25.0. The van der Waals surface area contributed by atoms with E-state index in [1.807, 2.05) is 0 Å². The molecule has 0 amide bonds. The van der Waals surface area contributed by atoms with E-state index < -0.39 is 0 Å². The van der Waals surface area contributed by atoms with E-state index in [1.165, 1.54) is 175 Å². The van der Waals surface area contributed by atoms with Crippen LogP contribution in [0.25, 0.3) is 186 Å². The van der Waals surface area contributed by atoms with Gasteiger partial charge in [0.25, 0.3) is 0 Å². The lowest BCUT2D eigenvalue weighted by Gasteiger charge is -2.26. The average molecular weight is 1550 g/mol. The minimum absolute atomic E-state index is 1.09. The molecule has 2 aromatic heterocycles. The molecular formula is C118H78N4. The molecule has 0 radical (unpaired) electrons. The van der Waals surface area contributed by atoms with Gasteiger partial charge in [0.2, 0.25) is 0 Å². The number of aromatic nitrogens is 2. The average Bonchev–Trinajstić information content (AvgIpc) is 1.67. The fraction of sp³-hybridized carbons (Fsp3) is 0. The first-order valence-electron chi connectivity index (χ1n) is 42.0. The van der Waals surface area contributed by atoms with Gasteiger partial charge in [0.1, 0.15) is 0 Å². The number of rotatable bonds is 13. The lowest BCUT2D eigenvalue weighted by Crippen LogP contribution is -2.10. The Morgan fingerprint density at radius 2 is 0.328 bits per heavy atom. The Balaban J connectivity index is 0.000000142. The van der Waals surface area contributed by atoms with Crippen LogP contribution in [-0.2, 0) is 0 Å². The van der Waals surface area contributed by atoms with E-state index >= 15 is 0 Å². The van der Waals surface area contributed by atoms with Crippen molar-refractivity contribution in [3.63, 3.8) is 0 Å². The van der Waals surface area contributed by atoms with Gasteiger partial charge in [0.15, 0.2) is 0 Å². The molecule has 24 aromatic rings. The molecule has 0 saturated carbocycles. The zero-order valence-electron chi connectivity index (χ0n) is 66.8. The summed E-state index contributed by atoms with van der Waals surface area (Å²) in [6, 6.07) is 173. The number of hydrogen-bond acceptors (Lipinski definition) is 2. The third kappa shape index (κ3) is 12.6. The Kier molecular flexibility index (Phi) is 17.6. The van der Waals surface area contributed by atoms with Crippen LogP contribution in [0.5, 0.6) is 0 Å². The number of anilines is 6. The highest BCUT2D eigenvalue weighted by molar-refractivity contribution is 6.27. The number of para-hydroxylation sites is 4. The summed E-state index contributed by atoms with van der Waals surface area (Å²) in [6.07, 6.45) is 0. The largest absolute Gasteiger partial charge is 0.311 e. The molecule has 122 heavy (non-hydrogen) atoms. The highest BCUT2D eigenvalue weighted by atomic mass is 15.1. The number of benzene rings is 22. The van der Waals surface area contributed by atoms with Crippen LogP contribution >= 0.6 is 0 Å². The van der Waals surface area contributed by atoms with E-state index in [4.69, 9.17) is 0 Å². The minimum Gasteiger partial charge on any atom is -0.311 e. The fourth-order valence-electron chi connectivity index (χ4n) is 19.0. The molecule has 0 spiro atoms. The summed E-state index contributed by atoms with van der Waals surface area (Å²) >= 11 is 0. The molecular weight excluding hydrogens is 1470 g/mol. The molecule has 2 heterocycles. The van der Waals surface area contributed by atoms with Gasteiger partial charge in [-0.3, -0.25) is 0 Å². The Labute approximate surface area is 707 Å². The molecule has 4 heteroatoms. The van der Waals surface area contributed by atoms with Gasteiger partial charge in [-0.2, -0.15) is 0 Å². The van der Waals surface area contributed by atoms with Crippen LogP contribution in [0.15, 0.2) is 473 Å². The highest BCUT2D eigenvalue weighted by Crippen LogP contribution is 2.45. The maximum absolute atomic E-state index is 2.38. The van der Waals surface area contributed by atoms with Crippen molar-refractivity contribution in [2.75, 3.05) is 9.80 Å². The first-order valence-corrected chi connectivity index (χ1v) is 42.0. The summed E-state index contributed by atoms with van der Waals surface area (Å²) in [5, 5.41) is 23.0. The molecule has 4 nitrogen and oxygen atoms in total. The Bertz CT molecular complexity index is 7950. The molecule has 0 saturated heterocycles. The van der Waals surface area contributed by atoms with Crippen LogP contribution in [0.3, 0.4) is 0 Å². The van der Waals surface area contributed by atoms with Crippen molar-refractivity contribution in [2.45, 2.75) is 0 Å². The van der Waals surface area contributed by atoms with Crippen molar-refractivity contribution < 1.29 is 0 Å². The summed E-state index contributed by atoms with van der Waals surface area (Å²) in [5.74, 6) is 0. The summed E-state index contributed by atoms with van der Waals surface area (Å²) in [6.45, 7) is 0. The molecule has 0 aliphatic carbocycles. The van der Waals surface area contributed by atoms with Crippen LogP contribution in [0.1, 0.15) is 0 Å². The Hall–Kier alpha value is -16.1. The normalized spacial score (nSPS) is 11.6. The van der Waals surface area contributed by atoms with Crippen molar-refractivity contribution in [3.05, 3.63) is 473 Å². The van der Waals surface area contributed by atoms with Crippen LogP contribution < -0.4 is 9.80 Å². The van der Waals surface area contributed by atoms with Crippen LogP contribution in [0.4, 0.5) is 34.1 Å². The van der Waals surface area contributed by atoms with Crippen LogP contribution in [-0.4, -0.2) is 9.13 Å². The molecule has 0 unspecified atom stereocenters. The highest BCUT2D eigenvalue weighted by Gasteiger charge is 2.21. The Morgan fingerprint density at radius 1 is 0.123 bits per heavy atom. The summed E-state index contributed by atoms with van der Waals surface area (Å²) in [7, 11) is 0. The predicted molar refractivity (Wildman–Crippen MR) is 521 cm³/mol. The van der Waals surface area contributed by atoms with E-state index in [1.54, 1.807) is 0 Å². The molecule has 0 bridgehead atoms. The number of fused-ring (bicyclic) bond motifs is 19. The van der Waals surface area contributed by atoms with Gasteiger partial charge in [-0.05, 0) is 271 Å². The van der Waals surface area contributed by atoms with Crippen molar-refractivity contribution in [2.24, 2.45) is 0 Å². The lowest BCUT2D eigenvalue weighted by molar-refractivity contribution is 1.17. The van der Waals surface area contributed by atoms with E-state index in [2.05, 4.69) is 492 Å². The van der Waals surface area contributed by atoms with Crippen molar-refractivity contribution in [3.8, 4) is 67.0 Å². The maximum atomic E-state index is 2.38. The van der Waals surface area contributed by atoms with E-state index in [0.717, 1.165) is 45.5 Å². The molecule has 0 fully saturated rings. The molecule has 570 valence electrons. The summed E-state index contributed by atoms with van der Waals surface area (Å²) in [5.41, 5.74) is 25.7. The van der Waals surface area contributed by atoms with Crippen molar-refractivity contribution in [1.29, 1.82) is 0 Å². The monoisotopic (exact) mass is 1550 g/mol. The van der Waals surface area contributed by atoms with Crippen LogP contribution in [0, 0.1) is 0 Å². The summed E-state index contributed by atoms with van der Waals surface area (Å²) < 4.78 is 4.75. The molecule has 22 aromatic carbocycles. The summed E-state index contributed by atoms with van der Waals surface area (Å²) in [4.78, 5) is 4.73. The van der Waals surface area contributed by atoms with Gasteiger partial charge < -0.3 is 18.9 Å². The maximum Gasteiger partial charge on any atom is 0.0541 e. The number of hydrogen-bond donors (Lipinski definition) is 0. The lowest BCUT2D eigenvalue weighted by atomic mass is 9.92. The zero-order valence-corrected chi connectivity index (χ0v) is 66.8.